The first-order valence-corrected chi connectivity index (χ1v) is 18.2. The van der Waals surface area contributed by atoms with Gasteiger partial charge < -0.3 is 15.5 Å². The van der Waals surface area contributed by atoms with Crippen LogP contribution in [0, 0.1) is 32.4 Å². The van der Waals surface area contributed by atoms with Crippen LogP contribution >= 0.6 is 0 Å². The second kappa shape index (κ2) is 13.3. The van der Waals surface area contributed by atoms with Crippen LogP contribution in [0.5, 0.6) is 0 Å². The first kappa shape index (κ1) is 36.0. The lowest BCUT2D eigenvalue weighted by atomic mass is 9.88. The van der Waals surface area contributed by atoms with Crippen molar-refractivity contribution in [1.82, 2.24) is 34.3 Å². The van der Waals surface area contributed by atoms with Gasteiger partial charge in [0.2, 0.25) is 0 Å². The Bertz CT molecular complexity index is 2030. The molecule has 7 rings (SSSR count). The van der Waals surface area contributed by atoms with E-state index in [0.717, 1.165) is 81.9 Å². The third-order valence-electron chi connectivity index (χ3n) is 11.7. The smallest absolute Gasteiger partial charge is 0.396 e. The zero-order valence-electron chi connectivity index (χ0n) is 30.4. The molecule has 3 aliphatic heterocycles. The molecule has 0 saturated carbocycles. The Morgan fingerprint density at radius 1 is 1.06 bits per heavy atom. The van der Waals surface area contributed by atoms with Crippen LogP contribution in [0.4, 0.5) is 33.5 Å². The second-order valence-electron chi connectivity index (χ2n) is 14.7. The number of nitrogen functional groups attached to an aromatic ring is 1. The molecular formula is C38H46F5N9. The summed E-state index contributed by atoms with van der Waals surface area (Å²) >= 11 is 0. The number of hydrogen-bond acceptors (Lipinski definition) is 8. The zero-order chi connectivity index (χ0) is 37.3. The maximum Gasteiger partial charge on any atom is 0.417 e. The first-order chi connectivity index (χ1) is 24.6. The van der Waals surface area contributed by atoms with Crippen molar-refractivity contribution in [2.24, 2.45) is 0 Å². The number of imidazole rings is 1. The van der Waals surface area contributed by atoms with Gasteiger partial charge in [-0.15, -0.1) is 0 Å². The van der Waals surface area contributed by atoms with E-state index in [9.17, 15) is 17.6 Å². The maximum absolute atomic E-state index is 16.9. The van der Waals surface area contributed by atoms with E-state index in [2.05, 4.69) is 38.2 Å². The molecule has 0 spiro atoms. The molecular weight excluding hydrogens is 677 g/mol. The van der Waals surface area contributed by atoms with Crippen LogP contribution in [0.25, 0.3) is 28.0 Å². The van der Waals surface area contributed by atoms with Gasteiger partial charge in [-0.05, 0) is 97.9 Å². The number of halogens is 5. The minimum Gasteiger partial charge on any atom is -0.396 e. The molecule has 9 nitrogen and oxygen atoms in total. The Morgan fingerprint density at radius 2 is 1.77 bits per heavy atom. The highest BCUT2D eigenvalue weighted by Crippen LogP contribution is 2.45. The summed E-state index contributed by atoms with van der Waals surface area (Å²) in [4.78, 5) is 25.5. The Labute approximate surface area is 300 Å². The predicted octanol–water partition coefficient (Wildman–Crippen LogP) is 7.67. The van der Waals surface area contributed by atoms with Gasteiger partial charge in [0.05, 0.1) is 28.4 Å². The van der Waals surface area contributed by atoms with Crippen molar-refractivity contribution in [2.45, 2.75) is 103 Å². The van der Waals surface area contributed by atoms with Crippen molar-refractivity contribution < 1.29 is 22.0 Å². The number of aryl methyl sites for hydroxylation is 3. The molecule has 2 unspecified atom stereocenters. The molecule has 2 N–H and O–H groups in total. The van der Waals surface area contributed by atoms with Crippen molar-refractivity contribution in [1.29, 1.82) is 0 Å². The van der Waals surface area contributed by atoms with Gasteiger partial charge in [0, 0.05) is 49.0 Å². The van der Waals surface area contributed by atoms with Crippen LogP contribution < -0.4 is 10.6 Å². The Kier molecular flexibility index (Phi) is 9.19. The van der Waals surface area contributed by atoms with Gasteiger partial charge >= 0.3 is 6.18 Å². The number of nitrogens with zero attached hydrogens (tertiary/aromatic N) is 8. The average molecular weight is 724 g/mol. The number of hydrogen-bond donors (Lipinski definition) is 1. The summed E-state index contributed by atoms with van der Waals surface area (Å²) in [6, 6.07) is 0.725. The standard InChI is InChI=1S/C38H46F5N9/c1-7-50(29-11-17-51(23(29)4)25(6)52-20-21(2)46-24(52)5)36-27-19-45-34(26-18-28(44)32(39)22(3)31(26)38(41,42)43)33(40)35(27)47-30(48-36)10-14-37-12-8-15-49(37)16-9-13-37/h18-20,23,29H,6-17,44H2,1-5H3. The molecule has 3 aromatic heterocycles. The Morgan fingerprint density at radius 3 is 2.40 bits per heavy atom. The molecule has 0 bridgehead atoms. The molecule has 4 aromatic rings. The summed E-state index contributed by atoms with van der Waals surface area (Å²) in [5, 5.41) is 0.291. The molecule has 0 radical (unpaired) electrons. The number of benzene rings is 1. The molecule has 14 heteroatoms. The number of aromatic nitrogens is 5. The van der Waals surface area contributed by atoms with E-state index in [0.29, 0.717) is 36.5 Å². The summed E-state index contributed by atoms with van der Waals surface area (Å²) in [5.41, 5.74) is 2.84. The van der Waals surface area contributed by atoms with Crippen LogP contribution in [0.2, 0.25) is 0 Å². The summed E-state index contributed by atoms with van der Waals surface area (Å²) in [5.74, 6) is 0.321. The highest BCUT2D eigenvalue weighted by molar-refractivity contribution is 5.92. The SMILES string of the molecule is C=C(N1CCC(N(CC)c2nc(CCC34CCCN3CCC4)nc3c(F)c(-c4cc(N)c(F)c(C)c4C(F)(F)F)ncc23)C1C)n1cc(C)nc1C. The van der Waals surface area contributed by atoms with Gasteiger partial charge in [-0.2, -0.15) is 13.2 Å². The van der Waals surface area contributed by atoms with Crippen LogP contribution in [0.15, 0.2) is 25.0 Å². The fourth-order valence-electron chi connectivity index (χ4n) is 9.22. The number of fused-ring (bicyclic) bond motifs is 2. The number of anilines is 2. The lowest BCUT2D eigenvalue weighted by molar-refractivity contribution is -0.137. The van der Waals surface area contributed by atoms with E-state index >= 15 is 4.39 Å². The van der Waals surface area contributed by atoms with Crippen LogP contribution in [-0.2, 0) is 12.6 Å². The normalized spacial score (nSPS) is 20.3. The van der Waals surface area contributed by atoms with Crippen LogP contribution in [0.3, 0.4) is 0 Å². The number of likely N-dealkylation sites (tertiary alicyclic amines) is 1. The fraction of sp³-hybridized carbons (Fsp3) is 0.526. The second-order valence-corrected chi connectivity index (χ2v) is 14.7. The predicted molar refractivity (Wildman–Crippen MR) is 193 cm³/mol. The Balaban J connectivity index is 1.34. The molecule has 3 aliphatic rings. The molecule has 0 aliphatic carbocycles. The number of nitrogens with two attached hydrogens (primary N) is 1. The maximum atomic E-state index is 16.9. The minimum atomic E-state index is -4.99. The summed E-state index contributed by atoms with van der Waals surface area (Å²) in [7, 11) is 0. The fourth-order valence-corrected chi connectivity index (χ4v) is 9.22. The van der Waals surface area contributed by atoms with Crippen molar-refractivity contribution in [3.05, 3.63) is 65.1 Å². The van der Waals surface area contributed by atoms with E-state index in [1.54, 1.807) is 0 Å². The van der Waals surface area contributed by atoms with E-state index < -0.39 is 45.9 Å². The molecule has 3 saturated heterocycles. The largest absolute Gasteiger partial charge is 0.417 e. The van der Waals surface area contributed by atoms with Gasteiger partial charge in [0.15, 0.2) is 5.82 Å². The van der Waals surface area contributed by atoms with E-state index in [4.69, 9.17) is 15.7 Å². The quantitative estimate of drug-likeness (QED) is 0.139. The number of rotatable bonds is 9. The summed E-state index contributed by atoms with van der Waals surface area (Å²) < 4.78 is 76.8. The van der Waals surface area contributed by atoms with E-state index in [-0.39, 0.29) is 23.1 Å². The molecule has 0 amide bonds. The van der Waals surface area contributed by atoms with Gasteiger partial charge in [-0.25, -0.2) is 23.7 Å². The minimum absolute atomic E-state index is 0.0240. The van der Waals surface area contributed by atoms with Crippen molar-refractivity contribution in [2.75, 3.05) is 36.8 Å². The zero-order valence-corrected chi connectivity index (χ0v) is 30.4. The topological polar surface area (TPSA) is 92.2 Å². The van der Waals surface area contributed by atoms with Gasteiger partial charge in [0.1, 0.15) is 40.3 Å². The molecule has 278 valence electrons. The number of pyridine rings is 1. The highest BCUT2D eigenvalue weighted by atomic mass is 19.4. The monoisotopic (exact) mass is 723 g/mol. The highest BCUT2D eigenvalue weighted by Gasteiger charge is 2.44. The lowest BCUT2D eigenvalue weighted by Gasteiger charge is -2.36. The average Bonchev–Trinajstić information content (AvgIpc) is 3.86. The van der Waals surface area contributed by atoms with Crippen molar-refractivity contribution in [3.8, 4) is 11.3 Å². The Hall–Kier alpha value is -4.33. The van der Waals surface area contributed by atoms with Crippen LogP contribution in [0.1, 0.15) is 80.8 Å². The van der Waals surface area contributed by atoms with Gasteiger partial charge in [0.25, 0.3) is 0 Å². The van der Waals surface area contributed by atoms with Gasteiger partial charge in [-0.3, -0.25) is 14.5 Å². The number of alkyl halides is 3. The molecule has 2 atom stereocenters. The van der Waals surface area contributed by atoms with Gasteiger partial charge in [-0.1, -0.05) is 6.58 Å². The lowest BCUT2D eigenvalue weighted by Crippen LogP contribution is -2.44. The molecule has 3 fully saturated rings. The van der Waals surface area contributed by atoms with Crippen LogP contribution in [-0.4, -0.2) is 78.1 Å². The molecule has 6 heterocycles. The molecule has 1 aromatic carbocycles. The first-order valence-electron chi connectivity index (χ1n) is 18.2. The number of likely N-dealkylation sites (N-methyl/N-ethyl adjacent to an activating group) is 1. The summed E-state index contributed by atoms with van der Waals surface area (Å²) in [6.45, 7) is 16.7. The molecule has 52 heavy (non-hydrogen) atoms. The van der Waals surface area contributed by atoms with Crippen molar-refractivity contribution in [3.63, 3.8) is 0 Å². The van der Waals surface area contributed by atoms with E-state index in [1.807, 2.05) is 31.5 Å². The third kappa shape index (κ3) is 5.96. The third-order valence-corrected chi connectivity index (χ3v) is 11.7. The van der Waals surface area contributed by atoms with E-state index in [1.165, 1.54) is 6.20 Å². The van der Waals surface area contributed by atoms with Crippen molar-refractivity contribution >= 4 is 28.2 Å². The summed E-state index contributed by atoms with van der Waals surface area (Å²) in [6.07, 6.45) is 4.75.